The van der Waals surface area contributed by atoms with Crippen molar-refractivity contribution in [2.75, 3.05) is 49.5 Å². The number of hydrogen-bond acceptors (Lipinski definition) is 6. The molecule has 1 saturated heterocycles. The van der Waals surface area contributed by atoms with Gasteiger partial charge in [0.2, 0.25) is 0 Å². The predicted molar refractivity (Wildman–Crippen MR) is 135 cm³/mol. The molecule has 34 heavy (non-hydrogen) atoms. The van der Waals surface area contributed by atoms with Crippen LogP contribution in [0.1, 0.15) is 11.1 Å². The van der Waals surface area contributed by atoms with Gasteiger partial charge in [0.25, 0.3) is 0 Å². The Morgan fingerprint density at radius 3 is 2.59 bits per heavy atom. The lowest BCUT2D eigenvalue weighted by atomic mass is 10.1. The summed E-state index contributed by atoms with van der Waals surface area (Å²) in [4.78, 5) is 9.56. The largest absolute Gasteiger partial charge is 0.369 e. The van der Waals surface area contributed by atoms with Crippen LogP contribution in [0.2, 0.25) is 0 Å². The molecule has 168 valence electrons. The fourth-order valence-corrected chi connectivity index (χ4v) is 4.30. The highest BCUT2D eigenvalue weighted by Gasteiger charge is 2.18. The second kappa shape index (κ2) is 9.66. The molecule has 0 radical (unpaired) electrons. The summed E-state index contributed by atoms with van der Waals surface area (Å²) in [6.07, 6.45) is 7.36. The highest BCUT2D eigenvalue weighted by molar-refractivity contribution is 5.76. The van der Waals surface area contributed by atoms with Crippen molar-refractivity contribution in [3.05, 3.63) is 78.0 Å². The number of fused-ring (bicyclic) bond motifs is 1. The number of anilines is 2. The van der Waals surface area contributed by atoms with Gasteiger partial charge in [0.15, 0.2) is 5.65 Å². The first-order valence-electron chi connectivity index (χ1n) is 11.4. The van der Waals surface area contributed by atoms with Gasteiger partial charge in [0.1, 0.15) is 23.1 Å². The molecule has 0 amide bonds. The van der Waals surface area contributed by atoms with Crippen molar-refractivity contribution in [3.63, 3.8) is 0 Å². The summed E-state index contributed by atoms with van der Waals surface area (Å²) < 4.78 is 1.64. The summed E-state index contributed by atoms with van der Waals surface area (Å²) in [5.41, 5.74) is 4.40. The van der Waals surface area contributed by atoms with Gasteiger partial charge in [-0.1, -0.05) is 36.3 Å². The lowest BCUT2D eigenvalue weighted by molar-refractivity contribution is 0.267. The molecular weight excluding hydrogens is 422 g/mol. The van der Waals surface area contributed by atoms with Crippen LogP contribution >= 0.6 is 0 Å². The lowest BCUT2D eigenvalue weighted by Gasteiger charge is -2.36. The summed E-state index contributed by atoms with van der Waals surface area (Å²) in [7, 11) is 0. The quantitative estimate of drug-likeness (QED) is 0.456. The third-order valence-corrected chi connectivity index (χ3v) is 6.13. The van der Waals surface area contributed by atoms with Gasteiger partial charge < -0.3 is 10.2 Å². The zero-order valence-electron chi connectivity index (χ0n) is 18.9. The van der Waals surface area contributed by atoms with Gasteiger partial charge >= 0.3 is 0 Å². The molecule has 4 aromatic rings. The van der Waals surface area contributed by atoms with E-state index in [0.717, 1.165) is 56.2 Å². The van der Waals surface area contributed by atoms with Crippen LogP contribution in [0, 0.1) is 23.7 Å². The molecule has 7 nitrogen and oxygen atoms in total. The second-order valence-corrected chi connectivity index (χ2v) is 8.23. The highest BCUT2D eigenvalue weighted by Crippen LogP contribution is 2.26. The topological polar surface area (TPSA) is 72.5 Å². The third kappa shape index (κ3) is 4.43. The van der Waals surface area contributed by atoms with E-state index in [4.69, 9.17) is 6.42 Å². The van der Waals surface area contributed by atoms with E-state index >= 15 is 0 Å². The minimum absolute atomic E-state index is 0.440. The van der Waals surface area contributed by atoms with Gasteiger partial charge in [-0.3, -0.25) is 4.90 Å². The maximum absolute atomic E-state index is 9.82. The first kappa shape index (κ1) is 21.5. The van der Waals surface area contributed by atoms with E-state index in [2.05, 4.69) is 67.5 Å². The van der Waals surface area contributed by atoms with E-state index < -0.39 is 0 Å². The maximum Gasteiger partial charge on any atom is 0.175 e. The van der Waals surface area contributed by atoms with Crippen molar-refractivity contribution in [1.82, 2.24) is 19.5 Å². The molecule has 3 heterocycles. The van der Waals surface area contributed by atoms with Crippen LogP contribution in [-0.4, -0.2) is 58.8 Å². The first-order chi connectivity index (χ1) is 16.7. The van der Waals surface area contributed by atoms with Crippen LogP contribution in [0.3, 0.4) is 0 Å². The van der Waals surface area contributed by atoms with E-state index in [1.807, 2.05) is 36.5 Å². The molecule has 2 aromatic carbocycles. The molecule has 0 spiro atoms. The number of nitrogens with one attached hydrogen (secondary N) is 1. The molecule has 1 N–H and O–H groups in total. The smallest absolute Gasteiger partial charge is 0.175 e. The Morgan fingerprint density at radius 1 is 1.00 bits per heavy atom. The molecule has 0 unspecified atom stereocenters. The number of para-hydroxylation sites is 1. The molecule has 0 aliphatic carbocycles. The molecule has 5 rings (SSSR count). The summed E-state index contributed by atoms with van der Waals surface area (Å²) in [6, 6.07) is 22.2. The average Bonchev–Trinajstić information content (AvgIpc) is 3.27. The highest BCUT2D eigenvalue weighted by atomic mass is 15.3. The number of piperazine rings is 1. The zero-order valence-corrected chi connectivity index (χ0v) is 18.9. The number of rotatable bonds is 6. The molecule has 0 saturated carbocycles. The van der Waals surface area contributed by atoms with Gasteiger partial charge in [-0.05, 0) is 30.3 Å². The van der Waals surface area contributed by atoms with Crippen LogP contribution < -0.4 is 10.2 Å². The summed E-state index contributed by atoms with van der Waals surface area (Å²) in [5.74, 6) is 3.36. The Hall–Kier alpha value is -4.33. The monoisotopic (exact) mass is 447 g/mol. The average molecular weight is 448 g/mol. The third-order valence-electron chi connectivity index (χ3n) is 6.13. The number of hydrogen-bond donors (Lipinski definition) is 1. The van der Waals surface area contributed by atoms with E-state index in [0.29, 0.717) is 16.9 Å². The summed E-state index contributed by atoms with van der Waals surface area (Å²) in [6.45, 7) is 5.83. The fraction of sp³-hybridized carbons (Fsp3) is 0.222. The Labute approximate surface area is 199 Å². The van der Waals surface area contributed by atoms with Crippen LogP contribution in [0.25, 0.3) is 16.9 Å². The normalized spacial score (nSPS) is 14.0. The number of nitriles is 1. The standard InChI is InChI=1S/C27H25N7/c1-2-21-7-6-8-22(19-21)26-24(20-28)27-30-25(11-13-34(27)31-26)29-12-14-32-15-17-33(18-16-32)23-9-4-3-5-10-23/h1,3-11,13,19H,12,14-18H2,(H,29,30). The minimum Gasteiger partial charge on any atom is -0.369 e. The lowest BCUT2D eigenvalue weighted by Crippen LogP contribution is -2.47. The maximum atomic E-state index is 9.82. The molecule has 1 aliphatic rings. The van der Waals surface area contributed by atoms with Crippen molar-refractivity contribution in [1.29, 1.82) is 5.26 Å². The summed E-state index contributed by atoms with van der Waals surface area (Å²) >= 11 is 0. The van der Waals surface area contributed by atoms with Gasteiger partial charge in [0.05, 0.1) is 0 Å². The van der Waals surface area contributed by atoms with Gasteiger partial charge in [-0.15, -0.1) is 6.42 Å². The number of aromatic nitrogens is 3. The van der Waals surface area contributed by atoms with E-state index in [9.17, 15) is 5.26 Å². The van der Waals surface area contributed by atoms with Crippen LogP contribution in [0.15, 0.2) is 66.9 Å². The van der Waals surface area contributed by atoms with Crippen LogP contribution in [0.5, 0.6) is 0 Å². The Balaban J connectivity index is 1.23. The summed E-state index contributed by atoms with van der Waals surface area (Å²) in [5, 5.41) is 17.8. The molecular formula is C27H25N7. The van der Waals surface area contributed by atoms with Gasteiger partial charge in [-0.25, -0.2) is 9.50 Å². The van der Waals surface area contributed by atoms with Crippen molar-refractivity contribution in [3.8, 4) is 29.7 Å². The molecule has 7 heteroatoms. The van der Waals surface area contributed by atoms with Gasteiger partial charge in [0, 0.05) is 62.3 Å². The SMILES string of the molecule is C#Cc1cccc(-c2nn3ccc(NCCN4CCN(c5ccccc5)CC4)nc3c2C#N)c1. The molecule has 0 bridgehead atoms. The van der Waals surface area contributed by atoms with E-state index in [1.54, 1.807) is 4.52 Å². The number of terminal acetylenes is 1. The minimum atomic E-state index is 0.440. The Kier molecular flexibility index (Phi) is 6.11. The van der Waals surface area contributed by atoms with Crippen LogP contribution in [0.4, 0.5) is 11.5 Å². The van der Waals surface area contributed by atoms with E-state index in [1.165, 1.54) is 5.69 Å². The Morgan fingerprint density at radius 2 is 1.82 bits per heavy atom. The van der Waals surface area contributed by atoms with E-state index in [-0.39, 0.29) is 0 Å². The van der Waals surface area contributed by atoms with Crippen molar-refractivity contribution in [2.45, 2.75) is 0 Å². The first-order valence-corrected chi connectivity index (χ1v) is 11.4. The molecule has 0 atom stereocenters. The number of nitrogens with zero attached hydrogens (tertiary/aromatic N) is 6. The fourth-order valence-electron chi connectivity index (χ4n) is 4.30. The van der Waals surface area contributed by atoms with Crippen LogP contribution in [-0.2, 0) is 0 Å². The van der Waals surface area contributed by atoms with Crippen molar-refractivity contribution in [2.24, 2.45) is 0 Å². The van der Waals surface area contributed by atoms with Crippen molar-refractivity contribution >= 4 is 17.2 Å². The predicted octanol–water partition coefficient (Wildman–Crippen LogP) is 3.48. The van der Waals surface area contributed by atoms with Gasteiger partial charge in [-0.2, -0.15) is 10.4 Å². The molecule has 1 fully saturated rings. The zero-order chi connectivity index (χ0) is 23.3. The molecule has 2 aromatic heterocycles. The van der Waals surface area contributed by atoms with Crippen molar-refractivity contribution < 1.29 is 0 Å². The Bertz CT molecular complexity index is 1370. The number of benzene rings is 2. The molecule has 1 aliphatic heterocycles. The second-order valence-electron chi connectivity index (χ2n) is 8.23.